The molecule has 1 N–H and O–H groups in total. The zero-order valence-electron chi connectivity index (χ0n) is 8.38. The summed E-state index contributed by atoms with van der Waals surface area (Å²) in [7, 11) is 1.82. The molecule has 0 bridgehead atoms. The molecule has 0 aromatic heterocycles. The second-order valence-electron chi connectivity index (χ2n) is 3.43. The lowest BCUT2D eigenvalue weighted by Gasteiger charge is -2.25. The maximum Gasteiger partial charge on any atom is 0.219 e. The summed E-state index contributed by atoms with van der Waals surface area (Å²) >= 11 is 0. The topological polar surface area (TPSA) is 41.6 Å². The van der Waals surface area contributed by atoms with Crippen molar-refractivity contribution in [1.82, 2.24) is 10.2 Å². The first-order valence-electron chi connectivity index (χ1n) is 4.74. The number of rotatable bonds is 3. The van der Waals surface area contributed by atoms with Crippen LogP contribution in [0.3, 0.4) is 0 Å². The Kier molecular flexibility index (Phi) is 4.18. The molecule has 1 amide bonds. The number of carbonyl (C=O) groups excluding carboxylic acids is 1. The number of amides is 1. The van der Waals surface area contributed by atoms with Gasteiger partial charge in [-0.05, 0) is 6.42 Å². The highest BCUT2D eigenvalue weighted by molar-refractivity contribution is 5.72. The largest absolute Gasteiger partial charge is 0.376 e. The molecule has 1 fully saturated rings. The zero-order chi connectivity index (χ0) is 9.68. The van der Waals surface area contributed by atoms with Crippen LogP contribution in [0.2, 0.25) is 0 Å². The van der Waals surface area contributed by atoms with Crippen molar-refractivity contribution in [3.63, 3.8) is 0 Å². The van der Waals surface area contributed by atoms with E-state index in [0.29, 0.717) is 0 Å². The Bertz CT molecular complexity index is 167. The van der Waals surface area contributed by atoms with Crippen molar-refractivity contribution in [3.8, 4) is 0 Å². The standard InChI is InChI=1S/C9H18N2O2/c1-8(12)11(2)5-3-9-7-10-4-6-13-9/h9-10H,3-7H2,1-2H3. The van der Waals surface area contributed by atoms with Crippen LogP contribution < -0.4 is 5.32 Å². The van der Waals surface area contributed by atoms with Crippen LogP contribution >= 0.6 is 0 Å². The molecule has 1 atom stereocenters. The fourth-order valence-corrected chi connectivity index (χ4v) is 1.30. The fourth-order valence-electron chi connectivity index (χ4n) is 1.30. The first-order valence-corrected chi connectivity index (χ1v) is 4.74. The predicted octanol–water partition coefficient (Wildman–Crippen LogP) is -0.157. The van der Waals surface area contributed by atoms with E-state index in [0.717, 1.165) is 32.7 Å². The molecule has 0 aromatic rings. The van der Waals surface area contributed by atoms with Crippen molar-refractivity contribution in [3.05, 3.63) is 0 Å². The normalized spacial score (nSPS) is 22.8. The predicted molar refractivity (Wildman–Crippen MR) is 50.5 cm³/mol. The number of morpholine rings is 1. The van der Waals surface area contributed by atoms with Gasteiger partial charge >= 0.3 is 0 Å². The molecule has 4 nitrogen and oxygen atoms in total. The lowest BCUT2D eigenvalue weighted by molar-refractivity contribution is -0.128. The van der Waals surface area contributed by atoms with Gasteiger partial charge in [0.05, 0.1) is 12.7 Å². The Labute approximate surface area is 79.2 Å². The number of nitrogens with zero attached hydrogens (tertiary/aromatic N) is 1. The number of ether oxygens (including phenoxy) is 1. The van der Waals surface area contributed by atoms with Crippen LogP contribution in [-0.2, 0) is 9.53 Å². The summed E-state index contributed by atoms with van der Waals surface area (Å²) in [6.45, 7) is 5.00. The number of nitrogens with one attached hydrogen (secondary N) is 1. The molecule has 0 spiro atoms. The average Bonchev–Trinajstić information content (AvgIpc) is 2.15. The molecule has 1 heterocycles. The second kappa shape index (κ2) is 5.19. The minimum atomic E-state index is 0.115. The highest BCUT2D eigenvalue weighted by Crippen LogP contribution is 2.02. The summed E-state index contributed by atoms with van der Waals surface area (Å²) in [4.78, 5) is 12.6. The number of hydrogen-bond donors (Lipinski definition) is 1. The van der Waals surface area contributed by atoms with Crippen molar-refractivity contribution < 1.29 is 9.53 Å². The van der Waals surface area contributed by atoms with Gasteiger partial charge < -0.3 is 15.0 Å². The smallest absolute Gasteiger partial charge is 0.219 e. The summed E-state index contributed by atoms with van der Waals surface area (Å²) in [5.74, 6) is 0.115. The van der Waals surface area contributed by atoms with E-state index < -0.39 is 0 Å². The second-order valence-corrected chi connectivity index (χ2v) is 3.43. The summed E-state index contributed by atoms with van der Waals surface area (Å²) in [5.41, 5.74) is 0. The molecule has 4 heteroatoms. The lowest BCUT2D eigenvalue weighted by atomic mass is 10.2. The van der Waals surface area contributed by atoms with E-state index in [1.54, 1.807) is 11.8 Å². The molecule has 0 radical (unpaired) electrons. The highest BCUT2D eigenvalue weighted by atomic mass is 16.5. The lowest BCUT2D eigenvalue weighted by Crippen LogP contribution is -2.40. The third-order valence-corrected chi connectivity index (χ3v) is 2.33. The Morgan fingerprint density at radius 3 is 3.00 bits per heavy atom. The van der Waals surface area contributed by atoms with Crippen molar-refractivity contribution in [2.24, 2.45) is 0 Å². The van der Waals surface area contributed by atoms with E-state index in [4.69, 9.17) is 4.74 Å². The van der Waals surface area contributed by atoms with Gasteiger partial charge in [0.2, 0.25) is 5.91 Å². The van der Waals surface area contributed by atoms with E-state index in [-0.39, 0.29) is 12.0 Å². The first kappa shape index (κ1) is 10.5. The van der Waals surface area contributed by atoms with Gasteiger partial charge in [0.25, 0.3) is 0 Å². The Balaban J connectivity index is 2.13. The van der Waals surface area contributed by atoms with Gasteiger partial charge in [-0.25, -0.2) is 0 Å². The average molecular weight is 186 g/mol. The molecular weight excluding hydrogens is 168 g/mol. The van der Waals surface area contributed by atoms with Crippen molar-refractivity contribution >= 4 is 5.91 Å². The van der Waals surface area contributed by atoms with Gasteiger partial charge in [-0.3, -0.25) is 4.79 Å². The van der Waals surface area contributed by atoms with Gasteiger partial charge in [-0.15, -0.1) is 0 Å². The Morgan fingerprint density at radius 2 is 2.46 bits per heavy atom. The summed E-state index contributed by atoms with van der Waals surface area (Å²) < 4.78 is 5.51. The third kappa shape index (κ3) is 3.74. The monoisotopic (exact) mass is 186 g/mol. The minimum Gasteiger partial charge on any atom is -0.376 e. The molecule has 1 rings (SSSR count). The number of hydrogen-bond acceptors (Lipinski definition) is 3. The van der Waals surface area contributed by atoms with Gasteiger partial charge in [0.1, 0.15) is 0 Å². The van der Waals surface area contributed by atoms with Crippen LogP contribution in [0.4, 0.5) is 0 Å². The molecule has 13 heavy (non-hydrogen) atoms. The van der Waals surface area contributed by atoms with E-state index in [1.165, 1.54) is 0 Å². The van der Waals surface area contributed by atoms with E-state index in [2.05, 4.69) is 5.32 Å². The van der Waals surface area contributed by atoms with Crippen molar-refractivity contribution in [1.29, 1.82) is 0 Å². The van der Waals surface area contributed by atoms with E-state index in [9.17, 15) is 4.79 Å². The van der Waals surface area contributed by atoms with E-state index in [1.807, 2.05) is 7.05 Å². The Hall–Kier alpha value is -0.610. The van der Waals surface area contributed by atoms with Crippen LogP contribution in [0.5, 0.6) is 0 Å². The van der Waals surface area contributed by atoms with Gasteiger partial charge in [-0.2, -0.15) is 0 Å². The van der Waals surface area contributed by atoms with Crippen LogP contribution in [0, 0.1) is 0 Å². The number of carbonyl (C=O) groups is 1. The van der Waals surface area contributed by atoms with Gasteiger partial charge in [-0.1, -0.05) is 0 Å². The SMILES string of the molecule is CC(=O)N(C)CCC1CNCCO1. The van der Waals surface area contributed by atoms with E-state index >= 15 is 0 Å². The third-order valence-electron chi connectivity index (χ3n) is 2.33. The zero-order valence-corrected chi connectivity index (χ0v) is 8.38. The molecule has 0 saturated carbocycles. The molecule has 1 unspecified atom stereocenters. The molecule has 1 saturated heterocycles. The summed E-state index contributed by atoms with van der Waals surface area (Å²) in [6, 6.07) is 0. The van der Waals surface area contributed by atoms with Gasteiger partial charge in [0.15, 0.2) is 0 Å². The van der Waals surface area contributed by atoms with Crippen molar-refractivity contribution in [2.45, 2.75) is 19.4 Å². The summed E-state index contributed by atoms with van der Waals surface area (Å²) in [5, 5.41) is 3.26. The van der Waals surface area contributed by atoms with Crippen molar-refractivity contribution in [2.75, 3.05) is 33.3 Å². The molecule has 0 aromatic carbocycles. The van der Waals surface area contributed by atoms with Crippen LogP contribution in [0.25, 0.3) is 0 Å². The Morgan fingerprint density at radius 1 is 1.69 bits per heavy atom. The van der Waals surface area contributed by atoms with Crippen LogP contribution in [0.1, 0.15) is 13.3 Å². The van der Waals surface area contributed by atoms with Gasteiger partial charge in [0, 0.05) is 33.6 Å². The van der Waals surface area contributed by atoms with Crippen LogP contribution in [0.15, 0.2) is 0 Å². The molecule has 76 valence electrons. The molecular formula is C9H18N2O2. The molecule has 1 aliphatic rings. The fraction of sp³-hybridized carbons (Fsp3) is 0.889. The quantitative estimate of drug-likeness (QED) is 0.666. The summed E-state index contributed by atoms with van der Waals surface area (Å²) in [6.07, 6.45) is 1.19. The maximum absolute atomic E-state index is 10.9. The first-order chi connectivity index (χ1) is 6.20. The maximum atomic E-state index is 10.9. The van der Waals surface area contributed by atoms with Crippen LogP contribution in [-0.4, -0.2) is 50.2 Å². The minimum absolute atomic E-state index is 0.115. The highest BCUT2D eigenvalue weighted by Gasteiger charge is 2.14. The molecule has 0 aliphatic carbocycles. The molecule has 1 aliphatic heterocycles.